The molecule has 0 aliphatic heterocycles. The van der Waals surface area contributed by atoms with Gasteiger partial charge in [-0.05, 0) is 25.3 Å². The smallest absolute Gasteiger partial charge is 0.0308 e. The fourth-order valence-electron chi connectivity index (χ4n) is 1.54. The van der Waals surface area contributed by atoms with Crippen molar-refractivity contribution >= 4 is 0 Å². The lowest BCUT2D eigenvalue weighted by atomic mass is 10.1. The topological polar surface area (TPSA) is 0 Å². The van der Waals surface area contributed by atoms with Crippen LogP contribution in [0.4, 0.5) is 0 Å². The number of hydrogen-bond donors (Lipinski definition) is 0. The summed E-state index contributed by atoms with van der Waals surface area (Å²) in [5.74, 6) is 0. The quantitative estimate of drug-likeness (QED) is 0.349. The lowest BCUT2D eigenvalue weighted by molar-refractivity contribution is 0.611. The van der Waals surface area contributed by atoms with E-state index in [2.05, 4.69) is 31.7 Å². The lowest BCUT2D eigenvalue weighted by Crippen LogP contribution is -1.77. The Labute approximate surface area is 95.8 Å². The van der Waals surface area contributed by atoms with Crippen molar-refractivity contribution in [3.63, 3.8) is 0 Å². The molecule has 0 bridgehead atoms. The minimum atomic E-state index is 1.21. The largest absolute Gasteiger partial charge is 0.0985 e. The van der Waals surface area contributed by atoms with Gasteiger partial charge in [0.05, 0.1) is 0 Å². The monoisotopic (exact) mass is 206 g/mol. The molecule has 0 radical (unpaired) electrons. The lowest BCUT2D eigenvalue weighted by Gasteiger charge is -1.97. The van der Waals surface area contributed by atoms with Gasteiger partial charge in [-0.3, -0.25) is 0 Å². The van der Waals surface area contributed by atoms with E-state index in [1.807, 2.05) is 13.0 Å². The zero-order valence-corrected chi connectivity index (χ0v) is 10.5. The van der Waals surface area contributed by atoms with E-state index in [-0.39, 0.29) is 0 Å². The van der Waals surface area contributed by atoms with Gasteiger partial charge in [0, 0.05) is 0 Å². The Bertz CT molecular complexity index is 196. The van der Waals surface area contributed by atoms with Crippen molar-refractivity contribution in [2.45, 2.75) is 58.8 Å². The van der Waals surface area contributed by atoms with Crippen molar-refractivity contribution in [2.24, 2.45) is 0 Å². The third-order valence-corrected chi connectivity index (χ3v) is 2.60. The Morgan fingerprint density at radius 2 is 1.73 bits per heavy atom. The Morgan fingerprint density at radius 3 is 2.33 bits per heavy atom. The van der Waals surface area contributed by atoms with Crippen LogP contribution in [0.2, 0.25) is 0 Å². The minimum absolute atomic E-state index is 1.21. The van der Waals surface area contributed by atoms with Crippen LogP contribution in [0.25, 0.3) is 0 Å². The van der Waals surface area contributed by atoms with Crippen molar-refractivity contribution in [1.82, 2.24) is 0 Å². The molecule has 0 rings (SSSR count). The molecular formula is C15H26. The normalized spacial score (nSPS) is 12.3. The van der Waals surface area contributed by atoms with Crippen molar-refractivity contribution in [2.75, 3.05) is 0 Å². The first-order valence-electron chi connectivity index (χ1n) is 6.30. The molecule has 0 spiro atoms. The van der Waals surface area contributed by atoms with Gasteiger partial charge in [0.2, 0.25) is 0 Å². The maximum Gasteiger partial charge on any atom is -0.0308 e. The minimum Gasteiger partial charge on any atom is -0.0985 e. The highest BCUT2D eigenvalue weighted by Crippen LogP contribution is 2.08. The van der Waals surface area contributed by atoms with Crippen molar-refractivity contribution in [3.8, 4) is 0 Å². The Hall–Kier alpha value is -0.780. The van der Waals surface area contributed by atoms with E-state index in [9.17, 15) is 0 Å². The van der Waals surface area contributed by atoms with Crippen LogP contribution >= 0.6 is 0 Å². The second kappa shape index (κ2) is 11.3. The molecule has 0 N–H and O–H groups in total. The molecule has 15 heavy (non-hydrogen) atoms. The summed E-state index contributed by atoms with van der Waals surface area (Å²) in [6.07, 6.45) is 17.9. The fraction of sp³-hybridized carbons (Fsp3) is 0.600. The van der Waals surface area contributed by atoms with Gasteiger partial charge in [-0.2, -0.15) is 0 Å². The average molecular weight is 206 g/mol. The highest BCUT2D eigenvalue weighted by molar-refractivity contribution is 5.28. The molecular weight excluding hydrogens is 180 g/mol. The fourth-order valence-corrected chi connectivity index (χ4v) is 1.54. The van der Waals surface area contributed by atoms with Crippen LogP contribution in [0.1, 0.15) is 58.8 Å². The van der Waals surface area contributed by atoms with Crippen LogP contribution < -0.4 is 0 Å². The third-order valence-electron chi connectivity index (χ3n) is 2.60. The predicted molar refractivity (Wildman–Crippen MR) is 71.1 cm³/mol. The average Bonchev–Trinajstić information content (AvgIpc) is 2.27. The van der Waals surface area contributed by atoms with Crippen molar-refractivity contribution in [1.29, 1.82) is 0 Å². The Morgan fingerprint density at radius 1 is 1.07 bits per heavy atom. The molecule has 0 saturated heterocycles. The summed E-state index contributed by atoms with van der Waals surface area (Å²) in [6, 6.07) is 0. The van der Waals surface area contributed by atoms with Crippen LogP contribution in [0.5, 0.6) is 0 Å². The molecule has 0 aromatic heterocycles. The van der Waals surface area contributed by atoms with Gasteiger partial charge in [-0.25, -0.2) is 0 Å². The van der Waals surface area contributed by atoms with Gasteiger partial charge >= 0.3 is 0 Å². The number of rotatable bonds is 9. The van der Waals surface area contributed by atoms with Gasteiger partial charge in [-0.1, -0.05) is 69.9 Å². The summed E-state index contributed by atoms with van der Waals surface area (Å²) in [5.41, 5.74) is 1.22. The zero-order valence-electron chi connectivity index (χ0n) is 10.5. The first-order chi connectivity index (χ1) is 7.35. The van der Waals surface area contributed by atoms with E-state index >= 15 is 0 Å². The van der Waals surface area contributed by atoms with Crippen LogP contribution in [0, 0.1) is 0 Å². The maximum atomic E-state index is 3.76. The summed E-state index contributed by atoms with van der Waals surface area (Å²) < 4.78 is 0. The molecule has 0 atom stereocenters. The highest BCUT2D eigenvalue weighted by Gasteiger charge is 1.88. The van der Waals surface area contributed by atoms with E-state index in [4.69, 9.17) is 0 Å². The summed E-state index contributed by atoms with van der Waals surface area (Å²) >= 11 is 0. The van der Waals surface area contributed by atoms with Crippen LogP contribution in [0.15, 0.2) is 36.5 Å². The summed E-state index contributed by atoms with van der Waals surface area (Å²) in [7, 11) is 0. The first-order valence-corrected chi connectivity index (χ1v) is 6.30. The standard InChI is InChI=1S/C15H26/c1-4-7-8-9-10-11-12-13-14-15(5-2)6-3/h5-6,13-14H,2,4,7-12H2,1,3H3. The summed E-state index contributed by atoms with van der Waals surface area (Å²) in [4.78, 5) is 0. The number of hydrogen-bond acceptors (Lipinski definition) is 0. The molecule has 0 unspecified atom stereocenters. The predicted octanol–water partition coefficient (Wildman–Crippen LogP) is 5.43. The van der Waals surface area contributed by atoms with E-state index in [1.54, 1.807) is 0 Å². The molecule has 86 valence electrons. The van der Waals surface area contributed by atoms with Crippen molar-refractivity contribution in [3.05, 3.63) is 36.5 Å². The first kappa shape index (κ1) is 14.2. The van der Waals surface area contributed by atoms with Crippen LogP contribution in [0.3, 0.4) is 0 Å². The maximum absolute atomic E-state index is 3.76. The molecule has 0 amide bonds. The van der Waals surface area contributed by atoms with Crippen LogP contribution in [-0.4, -0.2) is 0 Å². The molecule has 0 aliphatic carbocycles. The molecule has 0 heteroatoms. The van der Waals surface area contributed by atoms with E-state index in [0.29, 0.717) is 0 Å². The number of allylic oxidation sites excluding steroid dienone is 5. The van der Waals surface area contributed by atoms with E-state index in [1.165, 1.54) is 50.5 Å². The van der Waals surface area contributed by atoms with Crippen LogP contribution in [-0.2, 0) is 0 Å². The molecule has 0 aromatic rings. The van der Waals surface area contributed by atoms with E-state index < -0.39 is 0 Å². The molecule has 0 aliphatic rings. The second-order valence-corrected chi connectivity index (χ2v) is 3.95. The number of unbranched alkanes of at least 4 members (excludes halogenated alkanes) is 6. The van der Waals surface area contributed by atoms with Gasteiger partial charge in [-0.15, -0.1) is 0 Å². The van der Waals surface area contributed by atoms with E-state index in [0.717, 1.165) is 0 Å². The summed E-state index contributed by atoms with van der Waals surface area (Å²) in [5, 5.41) is 0. The summed E-state index contributed by atoms with van der Waals surface area (Å²) in [6.45, 7) is 8.07. The Balaban J connectivity index is 3.34. The third kappa shape index (κ3) is 9.52. The molecule has 0 nitrogen and oxygen atoms in total. The highest BCUT2D eigenvalue weighted by atomic mass is 13.9. The second-order valence-electron chi connectivity index (χ2n) is 3.95. The van der Waals surface area contributed by atoms with Gasteiger partial charge in [0.1, 0.15) is 0 Å². The Kier molecular flexibility index (Phi) is 10.7. The van der Waals surface area contributed by atoms with Crippen molar-refractivity contribution < 1.29 is 0 Å². The van der Waals surface area contributed by atoms with Gasteiger partial charge in [0.25, 0.3) is 0 Å². The molecule has 0 saturated carbocycles. The SMILES string of the molecule is C=CC(C=CCCCCCCCC)=CC. The molecule has 0 fully saturated rings. The molecule has 0 heterocycles. The van der Waals surface area contributed by atoms with Gasteiger partial charge in [0.15, 0.2) is 0 Å². The zero-order chi connectivity index (χ0) is 11.4. The molecule has 0 aromatic carbocycles. The van der Waals surface area contributed by atoms with Gasteiger partial charge < -0.3 is 0 Å².